The van der Waals surface area contributed by atoms with Crippen molar-refractivity contribution in [3.05, 3.63) is 32.3 Å². The van der Waals surface area contributed by atoms with Crippen molar-refractivity contribution in [1.29, 1.82) is 0 Å². The molecule has 6 heteroatoms. The number of hydrogen-bond acceptors (Lipinski definition) is 3. The zero-order chi connectivity index (χ0) is 11.9. The number of halogens is 2. The van der Waals surface area contributed by atoms with Crippen molar-refractivity contribution >= 4 is 34.6 Å². The summed E-state index contributed by atoms with van der Waals surface area (Å²) in [6.45, 7) is 2.12. The SMILES string of the molecule is CC1CC1Nc1c(Cl)cc([N+](=O)[O-])cc1Cl. The van der Waals surface area contributed by atoms with Crippen molar-refractivity contribution in [2.24, 2.45) is 5.92 Å². The molecule has 0 heterocycles. The van der Waals surface area contributed by atoms with Crippen molar-refractivity contribution < 1.29 is 4.92 Å². The number of nitrogens with one attached hydrogen (secondary N) is 1. The van der Waals surface area contributed by atoms with Crippen molar-refractivity contribution in [2.45, 2.75) is 19.4 Å². The highest BCUT2D eigenvalue weighted by Gasteiger charge is 2.33. The molecule has 0 bridgehead atoms. The van der Waals surface area contributed by atoms with E-state index in [0.29, 0.717) is 27.7 Å². The van der Waals surface area contributed by atoms with Gasteiger partial charge in [-0.1, -0.05) is 30.1 Å². The molecule has 1 aromatic carbocycles. The van der Waals surface area contributed by atoms with Crippen LogP contribution >= 0.6 is 23.2 Å². The lowest BCUT2D eigenvalue weighted by molar-refractivity contribution is -0.384. The van der Waals surface area contributed by atoms with Crippen LogP contribution in [0.4, 0.5) is 11.4 Å². The first-order chi connectivity index (χ1) is 7.49. The molecule has 0 radical (unpaired) electrons. The highest BCUT2D eigenvalue weighted by Crippen LogP contribution is 2.40. The fourth-order valence-corrected chi connectivity index (χ4v) is 2.10. The lowest BCUT2D eigenvalue weighted by atomic mass is 10.2. The first kappa shape index (κ1) is 11.5. The monoisotopic (exact) mass is 260 g/mol. The molecule has 0 aliphatic heterocycles. The van der Waals surface area contributed by atoms with Gasteiger partial charge in [0.2, 0.25) is 0 Å². The van der Waals surface area contributed by atoms with E-state index in [1.807, 2.05) is 0 Å². The van der Waals surface area contributed by atoms with Gasteiger partial charge in [0, 0.05) is 18.2 Å². The van der Waals surface area contributed by atoms with Gasteiger partial charge in [0.1, 0.15) is 0 Å². The Bertz CT molecular complexity index is 427. The van der Waals surface area contributed by atoms with Crippen LogP contribution in [0.15, 0.2) is 12.1 Å². The lowest BCUT2D eigenvalue weighted by Gasteiger charge is -2.09. The van der Waals surface area contributed by atoms with Crippen molar-refractivity contribution in [3.8, 4) is 0 Å². The van der Waals surface area contributed by atoms with Gasteiger partial charge in [-0.05, 0) is 12.3 Å². The van der Waals surface area contributed by atoms with Crippen LogP contribution in [-0.2, 0) is 0 Å². The molecule has 1 saturated carbocycles. The summed E-state index contributed by atoms with van der Waals surface area (Å²) in [6.07, 6.45) is 1.07. The molecule has 1 fully saturated rings. The number of nitro groups is 1. The molecule has 1 N–H and O–H groups in total. The summed E-state index contributed by atoms with van der Waals surface area (Å²) >= 11 is 11.9. The third-order valence-corrected chi connectivity index (χ3v) is 3.27. The molecule has 2 unspecified atom stereocenters. The van der Waals surface area contributed by atoms with Crippen LogP contribution in [0.3, 0.4) is 0 Å². The Balaban J connectivity index is 2.28. The van der Waals surface area contributed by atoms with Gasteiger partial charge in [0.25, 0.3) is 5.69 Å². The van der Waals surface area contributed by atoms with Gasteiger partial charge < -0.3 is 5.32 Å². The van der Waals surface area contributed by atoms with E-state index in [-0.39, 0.29) is 5.69 Å². The third kappa shape index (κ3) is 2.23. The molecule has 0 aromatic heterocycles. The molecule has 4 nitrogen and oxygen atoms in total. The first-order valence-corrected chi connectivity index (χ1v) is 5.64. The summed E-state index contributed by atoms with van der Waals surface area (Å²) in [5.74, 6) is 0.599. The van der Waals surface area contributed by atoms with Crippen LogP contribution in [0.25, 0.3) is 0 Å². The minimum absolute atomic E-state index is 0.0932. The molecule has 1 aromatic rings. The average molecular weight is 261 g/mol. The predicted molar refractivity (Wildman–Crippen MR) is 64.3 cm³/mol. The third-order valence-electron chi connectivity index (χ3n) is 2.68. The van der Waals surface area contributed by atoms with Gasteiger partial charge in [-0.15, -0.1) is 0 Å². The van der Waals surface area contributed by atoms with Crippen LogP contribution in [-0.4, -0.2) is 11.0 Å². The number of nitro benzene ring substituents is 1. The molecular formula is C10H10Cl2N2O2. The maximum atomic E-state index is 10.6. The van der Waals surface area contributed by atoms with E-state index >= 15 is 0 Å². The minimum atomic E-state index is -0.513. The fourth-order valence-electron chi connectivity index (χ4n) is 1.51. The van der Waals surface area contributed by atoms with Crippen LogP contribution in [0.5, 0.6) is 0 Å². The van der Waals surface area contributed by atoms with Crippen molar-refractivity contribution in [1.82, 2.24) is 0 Å². The summed E-state index contributed by atoms with van der Waals surface area (Å²) in [5, 5.41) is 14.3. The van der Waals surface area contributed by atoms with Gasteiger partial charge in [-0.25, -0.2) is 0 Å². The summed E-state index contributed by atoms with van der Waals surface area (Å²) in [5.41, 5.74) is 0.493. The van der Waals surface area contributed by atoms with Crippen LogP contribution in [0, 0.1) is 16.0 Å². The second-order valence-corrected chi connectivity index (χ2v) is 4.82. The van der Waals surface area contributed by atoms with Crippen LogP contribution < -0.4 is 5.32 Å². The highest BCUT2D eigenvalue weighted by molar-refractivity contribution is 6.39. The quantitative estimate of drug-likeness (QED) is 0.666. The van der Waals surface area contributed by atoms with Gasteiger partial charge in [-0.2, -0.15) is 0 Å². The molecule has 2 atom stereocenters. The standard InChI is InChI=1S/C10H10Cl2N2O2/c1-5-2-9(5)13-10-7(11)3-6(14(15)16)4-8(10)12/h3-5,9,13H,2H2,1H3. The van der Waals surface area contributed by atoms with Gasteiger partial charge in [-0.3, -0.25) is 10.1 Å². The molecule has 0 saturated heterocycles. The average Bonchev–Trinajstić information content (AvgIpc) is 2.87. The summed E-state index contributed by atoms with van der Waals surface area (Å²) in [7, 11) is 0. The smallest absolute Gasteiger partial charge is 0.272 e. The van der Waals surface area contributed by atoms with Crippen LogP contribution in [0.1, 0.15) is 13.3 Å². The zero-order valence-corrected chi connectivity index (χ0v) is 10.0. The molecule has 0 spiro atoms. The van der Waals surface area contributed by atoms with E-state index in [0.717, 1.165) is 6.42 Å². The second kappa shape index (κ2) is 4.11. The Labute approximate surface area is 103 Å². The predicted octanol–water partition coefficient (Wildman–Crippen LogP) is 3.72. The van der Waals surface area contributed by atoms with E-state index in [1.165, 1.54) is 12.1 Å². The number of anilines is 1. The van der Waals surface area contributed by atoms with Gasteiger partial charge in [0.15, 0.2) is 0 Å². The van der Waals surface area contributed by atoms with E-state index in [4.69, 9.17) is 23.2 Å². The molecule has 1 aliphatic carbocycles. The summed E-state index contributed by atoms with van der Waals surface area (Å²) < 4.78 is 0. The maximum Gasteiger partial charge on any atom is 0.272 e. The first-order valence-electron chi connectivity index (χ1n) is 4.89. The Morgan fingerprint density at radius 1 is 1.44 bits per heavy atom. The normalized spacial score (nSPS) is 22.9. The highest BCUT2D eigenvalue weighted by atomic mass is 35.5. The molecule has 86 valence electrons. The van der Waals surface area contributed by atoms with Crippen molar-refractivity contribution in [3.63, 3.8) is 0 Å². The molecule has 0 amide bonds. The number of rotatable bonds is 3. The number of nitrogens with zero attached hydrogens (tertiary/aromatic N) is 1. The maximum absolute atomic E-state index is 10.6. The van der Waals surface area contributed by atoms with Gasteiger partial charge in [0.05, 0.1) is 20.7 Å². The summed E-state index contributed by atoms with van der Waals surface area (Å²) in [4.78, 5) is 10.1. The Morgan fingerprint density at radius 2 is 1.94 bits per heavy atom. The number of hydrogen-bond donors (Lipinski definition) is 1. The summed E-state index contributed by atoms with van der Waals surface area (Å²) in [6, 6.07) is 2.99. The molecular weight excluding hydrogens is 251 g/mol. The minimum Gasteiger partial charge on any atom is -0.380 e. The largest absolute Gasteiger partial charge is 0.380 e. The topological polar surface area (TPSA) is 55.2 Å². The Kier molecular flexibility index (Phi) is 2.95. The molecule has 2 rings (SSSR count). The van der Waals surface area contributed by atoms with E-state index in [1.54, 1.807) is 0 Å². The van der Waals surface area contributed by atoms with Gasteiger partial charge >= 0.3 is 0 Å². The molecule has 16 heavy (non-hydrogen) atoms. The Hall–Kier alpha value is -1.00. The van der Waals surface area contributed by atoms with E-state index in [2.05, 4.69) is 12.2 Å². The van der Waals surface area contributed by atoms with Crippen LogP contribution in [0.2, 0.25) is 10.0 Å². The lowest BCUT2D eigenvalue weighted by Crippen LogP contribution is -2.05. The van der Waals surface area contributed by atoms with E-state index in [9.17, 15) is 10.1 Å². The second-order valence-electron chi connectivity index (χ2n) is 4.01. The zero-order valence-electron chi connectivity index (χ0n) is 8.54. The van der Waals surface area contributed by atoms with E-state index < -0.39 is 4.92 Å². The number of benzene rings is 1. The molecule has 1 aliphatic rings. The fraction of sp³-hybridized carbons (Fsp3) is 0.400. The Morgan fingerprint density at radius 3 is 2.31 bits per heavy atom. The number of non-ortho nitro benzene ring substituents is 1. The van der Waals surface area contributed by atoms with Crippen molar-refractivity contribution in [2.75, 3.05) is 5.32 Å².